The average molecular weight is 216 g/mol. The minimum absolute atomic E-state index is 0.158. The SMILES string of the molecule is CC(O)CCc1ccc(OC(F)F)cc1. The predicted octanol–water partition coefficient (Wildman–Crippen LogP) is 2.60. The molecule has 4 heteroatoms. The summed E-state index contributed by atoms with van der Waals surface area (Å²) in [6, 6.07) is 6.45. The van der Waals surface area contributed by atoms with Gasteiger partial charge < -0.3 is 9.84 Å². The van der Waals surface area contributed by atoms with Crippen LogP contribution >= 0.6 is 0 Å². The van der Waals surface area contributed by atoms with Crippen molar-refractivity contribution in [3.8, 4) is 5.75 Å². The van der Waals surface area contributed by atoms with Gasteiger partial charge in [0.25, 0.3) is 0 Å². The lowest BCUT2D eigenvalue weighted by molar-refractivity contribution is -0.0498. The number of hydrogen-bond donors (Lipinski definition) is 1. The minimum atomic E-state index is -2.78. The van der Waals surface area contributed by atoms with Crippen LogP contribution < -0.4 is 4.74 Å². The molecular formula is C11H14F2O2. The number of aliphatic hydroxyl groups is 1. The molecule has 0 saturated heterocycles. The molecule has 1 unspecified atom stereocenters. The molecule has 0 aliphatic heterocycles. The molecule has 0 amide bonds. The molecule has 0 aromatic heterocycles. The Bertz CT molecular complexity index is 283. The van der Waals surface area contributed by atoms with Crippen LogP contribution in [0.25, 0.3) is 0 Å². The van der Waals surface area contributed by atoms with E-state index in [1.165, 1.54) is 12.1 Å². The number of hydrogen-bond acceptors (Lipinski definition) is 2. The summed E-state index contributed by atoms with van der Waals surface area (Å²) in [6.45, 7) is -1.07. The number of aliphatic hydroxyl groups excluding tert-OH is 1. The highest BCUT2D eigenvalue weighted by Gasteiger charge is 2.04. The quantitative estimate of drug-likeness (QED) is 0.819. The van der Waals surface area contributed by atoms with Crippen LogP contribution in [-0.2, 0) is 6.42 Å². The summed E-state index contributed by atoms with van der Waals surface area (Å²) < 4.78 is 27.9. The number of alkyl halides is 2. The summed E-state index contributed by atoms with van der Waals surface area (Å²) in [7, 11) is 0. The number of rotatable bonds is 5. The lowest BCUT2D eigenvalue weighted by Crippen LogP contribution is -2.03. The highest BCUT2D eigenvalue weighted by Crippen LogP contribution is 2.16. The van der Waals surface area contributed by atoms with Crippen LogP contribution in [0.2, 0.25) is 0 Å². The molecule has 0 spiro atoms. The fraction of sp³-hybridized carbons (Fsp3) is 0.455. The van der Waals surface area contributed by atoms with Gasteiger partial charge in [0.2, 0.25) is 0 Å². The molecule has 0 aliphatic carbocycles. The van der Waals surface area contributed by atoms with Crippen molar-refractivity contribution in [3.63, 3.8) is 0 Å². The van der Waals surface area contributed by atoms with Gasteiger partial charge in [0.15, 0.2) is 0 Å². The van der Waals surface area contributed by atoms with Crippen LogP contribution in [-0.4, -0.2) is 17.8 Å². The zero-order valence-corrected chi connectivity index (χ0v) is 8.49. The summed E-state index contributed by atoms with van der Waals surface area (Å²) in [4.78, 5) is 0. The number of ether oxygens (including phenoxy) is 1. The summed E-state index contributed by atoms with van der Waals surface area (Å²) in [5.41, 5.74) is 0.998. The van der Waals surface area contributed by atoms with Gasteiger partial charge >= 0.3 is 6.61 Å². The van der Waals surface area contributed by atoms with Crippen LogP contribution in [0.15, 0.2) is 24.3 Å². The van der Waals surface area contributed by atoms with Crippen LogP contribution in [0, 0.1) is 0 Å². The second-order valence-corrected chi connectivity index (χ2v) is 3.41. The maximum Gasteiger partial charge on any atom is 0.387 e. The lowest BCUT2D eigenvalue weighted by atomic mass is 10.1. The van der Waals surface area contributed by atoms with E-state index in [0.717, 1.165) is 12.0 Å². The average Bonchev–Trinajstić information content (AvgIpc) is 2.16. The van der Waals surface area contributed by atoms with Crippen molar-refractivity contribution in [2.75, 3.05) is 0 Å². The summed E-state index contributed by atoms with van der Waals surface area (Å²) in [6.07, 6.45) is 1.05. The largest absolute Gasteiger partial charge is 0.435 e. The second-order valence-electron chi connectivity index (χ2n) is 3.41. The van der Waals surface area contributed by atoms with Crippen molar-refractivity contribution in [2.24, 2.45) is 0 Å². The third-order valence-corrected chi connectivity index (χ3v) is 2.00. The summed E-state index contributed by atoms with van der Waals surface area (Å²) in [5, 5.41) is 9.06. The molecule has 0 saturated carbocycles. The van der Waals surface area contributed by atoms with Gasteiger partial charge in [-0.25, -0.2) is 0 Å². The Hall–Kier alpha value is -1.16. The molecule has 2 nitrogen and oxygen atoms in total. The van der Waals surface area contributed by atoms with Crippen molar-refractivity contribution in [3.05, 3.63) is 29.8 Å². The van der Waals surface area contributed by atoms with E-state index in [1.807, 2.05) is 0 Å². The molecule has 0 aliphatic rings. The minimum Gasteiger partial charge on any atom is -0.435 e. The molecule has 0 radical (unpaired) electrons. The van der Waals surface area contributed by atoms with Gasteiger partial charge in [-0.3, -0.25) is 0 Å². The highest BCUT2D eigenvalue weighted by molar-refractivity contribution is 5.27. The van der Waals surface area contributed by atoms with Crippen LogP contribution in [0.3, 0.4) is 0 Å². The molecule has 84 valence electrons. The smallest absolute Gasteiger partial charge is 0.387 e. The molecule has 1 atom stereocenters. The molecular weight excluding hydrogens is 202 g/mol. The standard InChI is InChI=1S/C11H14F2O2/c1-8(14)2-3-9-4-6-10(7-5-9)15-11(12)13/h4-8,11,14H,2-3H2,1H3. The highest BCUT2D eigenvalue weighted by atomic mass is 19.3. The fourth-order valence-corrected chi connectivity index (χ4v) is 1.21. The van der Waals surface area contributed by atoms with Crippen LogP contribution in [0.4, 0.5) is 8.78 Å². The van der Waals surface area contributed by atoms with E-state index in [-0.39, 0.29) is 11.9 Å². The zero-order chi connectivity index (χ0) is 11.3. The van der Waals surface area contributed by atoms with E-state index < -0.39 is 6.61 Å². The van der Waals surface area contributed by atoms with Gasteiger partial charge in [0.05, 0.1) is 6.10 Å². The molecule has 1 aromatic rings. The first kappa shape index (κ1) is 11.9. The number of benzene rings is 1. The monoisotopic (exact) mass is 216 g/mol. The Balaban J connectivity index is 2.49. The third-order valence-electron chi connectivity index (χ3n) is 2.00. The summed E-state index contributed by atoms with van der Waals surface area (Å²) in [5.74, 6) is 0.158. The van der Waals surface area contributed by atoms with Crippen molar-refractivity contribution in [2.45, 2.75) is 32.5 Å². The molecule has 1 aromatic carbocycles. The van der Waals surface area contributed by atoms with Crippen molar-refractivity contribution >= 4 is 0 Å². The van der Waals surface area contributed by atoms with E-state index >= 15 is 0 Å². The first-order valence-electron chi connectivity index (χ1n) is 4.79. The number of aryl methyl sites for hydroxylation is 1. The van der Waals surface area contributed by atoms with Crippen molar-refractivity contribution in [1.82, 2.24) is 0 Å². The van der Waals surface area contributed by atoms with Gasteiger partial charge in [-0.05, 0) is 37.5 Å². The Kier molecular flexibility index (Phi) is 4.49. The van der Waals surface area contributed by atoms with E-state index in [9.17, 15) is 8.78 Å². The van der Waals surface area contributed by atoms with Gasteiger partial charge in [-0.2, -0.15) is 8.78 Å². The first-order valence-corrected chi connectivity index (χ1v) is 4.79. The molecule has 1 rings (SSSR count). The maximum absolute atomic E-state index is 11.8. The Morgan fingerprint density at radius 1 is 1.27 bits per heavy atom. The first-order chi connectivity index (χ1) is 7.08. The fourth-order valence-electron chi connectivity index (χ4n) is 1.21. The Morgan fingerprint density at radius 3 is 2.33 bits per heavy atom. The van der Waals surface area contributed by atoms with Gasteiger partial charge in [0.1, 0.15) is 5.75 Å². The third kappa shape index (κ3) is 4.74. The van der Waals surface area contributed by atoms with E-state index in [2.05, 4.69) is 4.74 Å². The molecule has 1 N–H and O–H groups in total. The van der Waals surface area contributed by atoms with Gasteiger partial charge in [0, 0.05) is 0 Å². The van der Waals surface area contributed by atoms with Crippen molar-refractivity contribution in [1.29, 1.82) is 0 Å². The Morgan fingerprint density at radius 2 is 1.87 bits per heavy atom. The second kappa shape index (κ2) is 5.66. The lowest BCUT2D eigenvalue weighted by Gasteiger charge is -2.06. The Labute approximate surface area is 87.5 Å². The van der Waals surface area contributed by atoms with Crippen LogP contribution in [0.1, 0.15) is 18.9 Å². The molecule has 0 fully saturated rings. The van der Waals surface area contributed by atoms with Crippen LogP contribution in [0.5, 0.6) is 5.75 Å². The molecule has 0 heterocycles. The zero-order valence-electron chi connectivity index (χ0n) is 8.49. The summed E-state index contributed by atoms with van der Waals surface area (Å²) >= 11 is 0. The normalized spacial score (nSPS) is 12.9. The number of halogens is 2. The molecule has 0 bridgehead atoms. The topological polar surface area (TPSA) is 29.5 Å². The predicted molar refractivity (Wildman–Crippen MR) is 53.1 cm³/mol. The van der Waals surface area contributed by atoms with E-state index in [1.54, 1.807) is 19.1 Å². The van der Waals surface area contributed by atoms with E-state index in [0.29, 0.717) is 6.42 Å². The van der Waals surface area contributed by atoms with E-state index in [4.69, 9.17) is 5.11 Å². The maximum atomic E-state index is 11.8. The van der Waals surface area contributed by atoms with Gasteiger partial charge in [-0.15, -0.1) is 0 Å². The molecule has 15 heavy (non-hydrogen) atoms. The van der Waals surface area contributed by atoms with Crippen molar-refractivity contribution < 1.29 is 18.6 Å². The van der Waals surface area contributed by atoms with Gasteiger partial charge in [-0.1, -0.05) is 12.1 Å².